The Morgan fingerprint density at radius 2 is 1.52 bits per heavy atom. The van der Waals surface area contributed by atoms with Crippen molar-refractivity contribution in [2.24, 2.45) is 0 Å². The van der Waals surface area contributed by atoms with Crippen molar-refractivity contribution in [1.82, 2.24) is 5.32 Å². The summed E-state index contributed by atoms with van der Waals surface area (Å²) in [6.07, 6.45) is -11.3. The molecule has 0 aliphatic rings. The van der Waals surface area contributed by atoms with E-state index in [0.717, 1.165) is 13.2 Å². The molecule has 0 saturated carbocycles. The predicted octanol–water partition coefficient (Wildman–Crippen LogP) is 4.31. The molecule has 2 rings (SSSR count). The van der Waals surface area contributed by atoms with E-state index in [9.17, 15) is 40.3 Å². The Kier molecular flexibility index (Phi) is 7.29. The number of hydrogen-bond donors (Lipinski definition) is 1. The minimum atomic E-state index is -5.06. The summed E-state index contributed by atoms with van der Waals surface area (Å²) in [5.74, 6) is -2.67. The Labute approximate surface area is 172 Å². The van der Waals surface area contributed by atoms with E-state index in [4.69, 9.17) is 0 Å². The van der Waals surface area contributed by atoms with Gasteiger partial charge in [0, 0.05) is 6.42 Å². The number of hydrogen-bond acceptors (Lipinski definition) is 3. The summed E-state index contributed by atoms with van der Waals surface area (Å²) in [4.78, 5) is 24.2. The normalized spacial score (nSPS) is 12.9. The Balaban J connectivity index is 2.26. The summed E-state index contributed by atoms with van der Waals surface area (Å²) in [5.41, 5.74) is -3.65. The van der Waals surface area contributed by atoms with Crippen LogP contribution in [0, 0.1) is 5.82 Å². The molecule has 0 heterocycles. The lowest BCUT2D eigenvalue weighted by Crippen LogP contribution is -2.43. The zero-order chi connectivity index (χ0) is 23.4. The molecule has 2 aromatic carbocycles. The fourth-order valence-corrected chi connectivity index (χ4v) is 2.77. The molecule has 0 fully saturated rings. The van der Waals surface area contributed by atoms with Gasteiger partial charge in [-0.3, -0.25) is 4.79 Å². The van der Waals surface area contributed by atoms with Crippen LogP contribution in [0.25, 0.3) is 0 Å². The number of ether oxygens (including phenoxy) is 1. The van der Waals surface area contributed by atoms with E-state index in [1.165, 1.54) is 18.2 Å². The summed E-state index contributed by atoms with van der Waals surface area (Å²) >= 11 is 0. The maximum atomic E-state index is 13.8. The van der Waals surface area contributed by atoms with E-state index >= 15 is 0 Å². The Bertz CT molecular complexity index is 922. The van der Waals surface area contributed by atoms with Gasteiger partial charge in [0.05, 0.1) is 24.7 Å². The molecule has 0 unspecified atom stereocenters. The highest BCUT2D eigenvalue weighted by molar-refractivity contribution is 5.85. The van der Waals surface area contributed by atoms with Crippen LogP contribution in [-0.2, 0) is 39.5 Å². The number of carbonyl (C=O) groups excluding carboxylic acids is 2. The van der Waals surface area contributed by atoms with Gasteiger partial charge in [0.25, 0.3) is 0 Å². The second kappa shape index (κ2) is 9.36. The average Bonchev–Trinajstić information content (AvgIpc) is 2.66. The maximum Gasteiger partial charge on any atom is 0.416 e. The van der Waals surface area contributed by atoms with Gasteiger partial charge in [-0.2, -0.15) is 26.3 Å². The molecule has 0 radical (unpaired) electrons. The smallest absolute Gasteiger partial charge is 0.416 e. The van der Waals surface area contributed by atoms with E-state index in [2.05, 4.69) is 10.1 Å². The number of rotatable bonds is 6. The third-order valence-corrected chi connectivity index (χ3v) is 4.21. The number of esters is 1. The van der Waals surface area contributed by atoms with Gasteiger partial charge in [0.1, 0.15) is 11.9 Å². The quantitative estimate of drug-likeness (QED) is 0.526. The van der Waals surface area contributed by atoms with E-state index in [-0.39, 0.29) is 18.1 Å². The number of amides is 1. The van der Waals surface area contributed by atoms with Gasteiger partial charge in [0.2, 0.25) is 5.91 Å². The summed E-state index contributed by atoms with van der Waals surface area (Å²) < 4.78 is 96.1. The Morgan fingerprint density at radius 3 is 2.00 bits per heavy atom. The minimum Gasteiger partial charge on any atom is -0.467 e. The molecule has 0 aromatic heterocycles. The van der Waals surface area contributed by atoms with Crippen molar-refractivity contribution in [3.05, 3.63) is 70.5 Å². The number of benzene rings is 2. The summed E-state index contributed by atoms with van der Waals surface area (Å²) in [6.45, 7) is 0. The standard InChI is InChI=1S/C20H16F7NO3/c1-31-18(30)16(9-12-4-2-3-5-15(12)21)28-17(29)8-11-6-13(19(22,23)24)10-14(7-11)20(25,26)27/h2-7,10,16H,8-9H2,1H3,(H,28,29)/t16-/m1/s1. The van der Waals surface area contributed by atoms with Gasteiger partial charge in [-0.1, -0.05) is 18.2 Å². The van der Waals surface area contributed by atoms with Crippen molar-refractivity contribution in [3.8, 4) is 0 Å². The topological polar surface area (TPSA) is 55.4 Å². The number of alkyl halides is 6. The van der Waals surface area contributed by atoms with Crippen LogP contribution in [0.15, 0.2) is 42.5 Å². The molecule has 168 valence electrons. The number of carbonyl (C=O) groups is 2. The monoisotopic (exact) mass is 451 g/mol. The highest BCUT2D eigenvalue weighted by Gasteiger charge is 2.37. The zero-order valence-electron chi connectivity index (χ0n) is 15.9. The van der Waals surface area contributed by atoms with Crippen LogP contribution < -0.4 is 5.32 Å². The molecule has 31 heavy (non-hydrogen) atoms. The fourth-order valence-electron chi connectivity index (χ4n) is 2.77. The molecule has 0 aliphatic carbocycles. The van der Waals surface area contributed by atoms with E-state index in [0.29, 0.717) is 12.1 Å². The molecule has 0 aliphatic heterocycles. The molecular formula is C20H16F7NO3. The third kappa shape index (κ3) is 6.69. The van der Waals surface area contributed by atoms with Crippen molar-refractivity contribution < 1.29 is 45.1 Å². The average molecular weight is 451 g/mol. The van der Waals surface area contributed by atoms with Crippen LogP contribution in [0.3, 0.4) is 0 Å². The largest absolute Gasteiger partial charge is 0.467 e. The first-order chi connectivity index (χ1) is 14.3. The van der Waals surface area contributed by atoms with Gasteiger partial charge in [0.15, 0.2) is 0 Å². The first-order valence-electron chi connectivity index (χ1n) is 8.70. The highest BCUT2D eigenvalue weighted by Crippen LogP contribution is 2.36. The van der Waals surface area contributed by atoms with Crippen LogP contribution in [-0.4, -0.2) is 25.0 Å². The number of nitrogens with one attached hydrogen (secondary N) is 1. The Hall–Kier alpha value is -3.11. The molecule has 11 heteroatoms. The second-order valence-electron chi connectivity index (χ2n) is 6.53. The molecular weight excluding hydrogens is 435 g/mol. The molecule has 4 nitrogen and oxygen atoms in total. The van der Waals surface area contributed by atoms with Gasteiger partial charge < -0.3 is 10.1 Å². The third-order valence-electron chi connectivity index (χ3n) is 4.21. The molecule has 2 aromatic rings. The summed E-state index contributed by atoms with van der Waals surface area (Å²) in [7, 11) is 1.01. The first kappa shape index (κ1) is 24.2. The summed E-state index contributed by atoms with van der Waals surface area (Å²) in [5, 5.41) is 2.17. The highest BCUT2D eigenvalue weighted by atomic mass is 19.4. The van der Waals surface area contributed by atoms with Crippen LogP contribution in [0.4, 0.5) is 30.7 Å². The SMILES string of the molecule is COC(=O)[C@@H](Cc1ccccc1F)NC(=O)Cc1cc(C(F)(F)F)cc(C(F)(F)F)c1. The van der Waals surface area contributed by atoms with Crippen molar-refractivity contribution >= 4 is 11.9 Å². The van der Waals surface area contributed by atoms with E-state index < -0.39 is 59.2 Å². The number of methoxy groups -OCH3 is 1. The van der Waals surface area contributed by atoms with Crippen LogP contribution >= 0.6 is 0 Å². The molecule has 0 bridgehead atoms. The molecule has 0 saturated heterocycles. The molecule has 0 spiro atoms. The van der Waals surface area contributed by atoms with Gasteiger partial charge in [-0.05, 0) is 35.4 Å². The van der Waals surface area contributed by atoms with Gasteiger partial charge >= 0.3 is 18.3 Å². The van der Waals surface area contributed by atoms with E-state index in [1.54, 1.807) is 0 Å². The minimum absolute atomic E-state index is 0.0524. The van der Waals surface area contributed by atoms with Crippen LogP contribution in [0.5, 0.6) is 0 Å². The van der Waals surface area contributed by atoms with Crippen LogP contribution in [0.1, 0.15) is 22.3 Å². The van der Waals surface area contributed by atoms with Gasteiger partial charge in [-0.15, -0.1) is 0 Å². The van der Waals surface area contributed by atoms with Crippen molar-refractivity contribution in [2.45, 2.75) is 31.2 Å². The molecule has 1 N–H and O–H groups in total. The maximum absolute atomic E-state index is 13.8. The second-order valence-corrected chi connectivity index (χ2v) is 6.53. The number of halogens is 7. The first-order valence-corrected chi connectivity index (χ1v) is 8.70. The molecule has 1 amide bonds. The van der Waals surface area contributed by atoms with Crippen molar-refractivity contribution in [2.75, 3.05) is 7.11 Å². The van der Waals surface area contributed by atoms with Crippen LogP contribution in [0.2, 0.25) is 0 Å². The lowest BCUT2D eigenvalue weighted by Gasteiger charge is -2.18. The fraction of sp³-hybridized carbons (Fsp3) is 0.300. The van der Waals surface area contributed by atoms with Crippen molar-refractivity contribution in [1.29, 1.82) is 0 Å². The lowest BCUT2D eigenvalue weighted by atomic mass is 10.0. The van der Waals surface area contributed by atoms with Gasteiger partial charge in [-0.25, -0.2) is 9.18 Å². The molecule has 1 atom stereocenters. The predicted molar refractivity (Wildman–Crippen MR) is 94.2 cm³/mol. The summed E-state index contributed by atoms with van der Waals surface area (Å²) in [6, 6.07) is 4.72. The van der Waals surface area contributed by atoms with E-state index in [1.807, 2.05) is 0 Å². The lowest BCUT2D eigenvalue weighted by molar-refractivity contribution is -0.145. The van der Waals surface area contributed by atoms with Crippen molar-refractivity contribution in [3.63, 3.8) is 0 Å². The zero-order valence-corrected chi connectivity index (χ0v) is 15.9. The Morgan fingerprint density at radius 1 is 0.968 bits per heavy atom.